The number of pyridine rings is 1. The normalized spacial score (nSPS) is 11.7. The molecule has 2 aromatic carbocycles. The molecule has 0 saturated heterocycles. The van der Waals surface area contributed by atoms with Crippen LogP contribution in [0.15, 0.2) is 67.0 Å². The number of nitrogens with one attached hydrogen (secondary N) is 1. The van der Waals surface area contributed by atoms with E-state index in [1.54, 1.807) is 28.8 Å². The monoisotopic (exact) mass is 408 g/mol. The highest BCUT2D eigenvalue weighted by atomic mass is 35.5. The van der Waals surface area contributed by atoms with E-state index in [4.69, 9.17) is 23.8 Å². The molecule has 0 saturated carbocycles. The molecule has 5 heteroatoms. The van der Waals surface area contributed by atoms with Crippen LogP contribution in [-0.2, 0) is 0 Å². The van der Waals surface area contributed by atoms with Gasteiger partial charge in [-0.15, -0.1) is 0 Å². The Morgan fingerprint density at radius 1 is 0.964 bits per heavy atom. The summed E-state index contributed by atoms with van der Waals surface area (Å²) >= 11 is 12.0. The quantitative estimate of drug-likeness (QED) is 0.295. The van der Waals surface area contributed by atoms with Crippen molar-refractivity contribution in [2.75, 3.05) is 5.32 Å². The van der Waals surface area contributed by atoms with Gasteiger partial charge in [-0.1, -0.05) is 60.2 Å². The van der Waals surface area contributed by atoms with Crippen LogP contribution in [0.1, 0.15) is 22.3 Å². The van der Waals surface area contributed by atoms with E-state index in [1.165, 1.54) is 0 Å². The third kappa shape index (κ3) is 4.24. The number of aromatic nitrogens is 1. The van der Waals surface area contributed by atoms with Crippen molar-refractivity contribution in [2.24, 2.45) is 0 Å². The molecule has 1 N–H and O–H groups in total. The number of aryl methyl sites for hydroxylation is 3. The number of thiocarbonyl (C=S) groups is 1. The van der Waals surface area contributed by atoms with Gasteiger partial charge in [0.1, 0.15) is 0 Å². The minimum absolute atomic E-state index is 0.232. The van der Waals surface area contributed by atoms with Gasteiger partial charge in [0.15, 0.2) is 17.4 Å². The molecule has 0 atom stereocenters. The first-order valence-corrected chi connectivity index (χ1v) is 9.69. The molecule has 0 radical (unpaired) electrons. The molecule has 1 heterocycles. The third-order valence-corrected chi connectivity index (χ3v) is 5.10. The van der Waals surface area contributed by atoms with E-state index < -0.39 is 0 Å². The Kier molecular flexibility index (Phi) is 6.12. The first-order valence-electron chi connectivity index (χ1n) is 8.90. The van der Waals surface area contributed by atoms with Crippen molar-refractivity contribution >= 4 is 46.0 Å². The fourth-order valence-electron chi connectivity index (χ4n) is 3.03. The van der Waals surface area contributed by atoms with Gasteiger partial charge in [0.05, 0.1) is 0 Å². The van der Waals surface area contributed by atoms with E-state index in [-0.39, 0.29) is 5.76 Å². The van der Waals surface area contributed by atoms with E-state index in [9.17, 15) is 5.11 Å². The SMILES string of the molecule is Cc1ccc[n+](C(C(=S)Nc2c(C)cccc2C)=C([O-])c2ccccc2Cl)c1. The van der Waals surface area contributed by atoms with E-state index in [1.807, 2.05) is 63.5 Å². The molecule has 3 aromatic rings. The lowest BCUT2D eigenvalue weighted by Crippen LogP contribution is -2.40. The van der Waals surface area contributed by atoms with Crippen molar-refractivity contribution in [3.05, 3.63) is 94.3 Å². The van der Waals surface area contributed by atoms with Crippen molar-refractivity contribution in [1.29, 1.82) is 0 Å². The van der Waals surface area contributed by atoms with Crippen LogP contribution in [0.5, 0.6) is 0 Å². The Balaban J connectivity index is 2.15. The van der Waals surface area contributed by atoms with Crippen LogP contribution >= 0.6 is 23.8 Å². The molecule has 0 spiro atoms. The van der Waals surface area contributed by atoms with Gasteiger partial charge in [0.2, 0.25) is 5.70 Å². The average Bonchev–Trinajstić information content (AvgIpc) is 2.65. The number of nitrogens with zero attached hydrogens (tertiary/aromatic N) is 1. The second kappa shape index (κ2) is 8.55. The van der Waals surface area contributed by atoms with Gasteiger partial charge in [-0.05, 0) is 55.4 Å². The highest BCUT2D eigenvalue weighted by Crippen LogP contribution is 2.25. The molecule has 1 aromatic heterocycles. The summed E-state index contributed by atoms with van der Waals surface area (Å²) in [5, 5.41) is 17.1. The summed E-state index contributed by atoms with van der Waals surface area (Å²) in [5.41, 5.74) is 4.81. The Labute approximate surface area is 175 Å². The van der Waals surface area contributed by atoms with Gasteiger partial charge < -0.3 is 10.4 Å². The number of rotatable bonds is 4. The molecule has 0 aliphatic rings. The molecule has 0 unspecified atom stereocenters. The van der Waals surface area contributed by atoms with Crippen LogP contribution in [0.2, 0.25) is 5.02 Å². The number of para-hydroxylation sites is 1. The number of benzene rings is 2. The third-order valence-electron chi connectivity index (χ3n) is 4.47. The predicted octanol–water partition coefficient (Wildman–Crippen LogP) is 4.68. The average molecular weight is 409 g/mol. The Morgan fingerprint density at radius 2 is 1.64 bits per heavy atom. The molecular weight excluding hydrogens is 388 g/mol. The smallest absolute Gasteiger partial charge is 0.238 e. The molecule has 3 nitrogen and oxygen atoms in total. The van der Waals surface area contributed by atoms with E-state index in [0.29, 0.717) is 21.3 Å². The van der Waals surface area contributed by atoms with Gasteiger partial charge >= 0.3 is 0 Å². The fraction of sp³-hybridized carbons (Fsp3) is 0.130. The minimum Gasteiger partial charge on any atom is -0.867 e. The standard InChI is InChI=1S/C23H21ClN2OS/c1-15-8-7-13-26(14-15)21(22(27)18-11-4-5-12-19(18)24)23(28)25-20-16(2)9-6-10-17(20)3/h4-14H,1-3H3,(H-,25,27,28). The van der Waals surface area contributed by atoms with Crippen LogP contribution in [0, 0.1) is 20.8 Å². The molecule has 0 fully saturated rings. The van der Waals surface area contributed by atoms with E-state index in [0.717, 1.165) is 22.4 Å². The lowest BCUT2D eigenvalue weighted by molar-refractivity contribution is -0.578. The topological polar surface area (TPSA) is 39.0 Å². The largest absolute Gasteiger partial charge is 0.867 e. The molecular formula is C23H21ClN2OS. The maximum Gasteiger partial charge on any atom is 0.238 e. The maximum atomic E-state index is 13.4. The van der Waals surface area contributed by atoms with Crippen LogP contribution in [0.25, 0.3) is 11.5 Å². The maximum absolute atomic E-state index is 13.4. The van der Waals surface area contributed by atoms with Crippen molar-refractivity contribution in [1.82, 2.24) is 0 Å². The Bertz CT molecular complexity index is 1060. The lowest BCUT2D eigenvalue weighted by Gasteiger charge is -2.19. The molecule has 0 bridgehead atoms. The first-order chi connectivity index (χ1) is 13.4. The summed E-state index contributed by atoms with van der Waals surface area (Å²) < 4.78 is 1.75. The zero-order valence-electron chi connectivity index (χ0n) is 16.0. The molecule has 3 rings (SSSR count). The molecule has 0 aliphatic heterocycles. The van der Waals surface area contributed by atoms with Crippen molar-refractivity contribution in [2.45, 2.75) is 20.8 Å². The summed E-state index contributed by atoms with van der Waals surface area (Å²) in [6.07, 6.45) is 3.69. The second-order valence-electron chi connectivity index (χ2n) is 6.67. The van der Waals surface area contributed by atoms with E-state index >= 15 is 0 Å². The van der Waals surface area contributed by atoms with Gasteiger partial charge in [-0.25, -0.2) is 0 Å². The summed E-state index contributed by atoms with van der Waals surface area (Å²) in [7, 11) is 0. The van der Waals surface area contributed by atoms with E-state index in [2.05, 4.69) is 5.32 Å². The number of halogens is 1. The summed E-state index contributed by atoms with van der Waals surface area (Å²) in [4.78, 5) is 0.345. The van der Waals surface area contributed by atoms with Gasteiger partial charge in [0, 0.05) is 22.3 Å². The molecule has 0 amide bonds. The highest BCUT2D eigenvalue weighted by molar-refractivity contribution is 7.81. The summed E-state index contributed by atoms with van der Waals surface area (Å²) in [5.74, 6) is -0.232. The van der Waals surface area contributed by atoms with Crippen molar-refractivity contribution in [3.63, 3.8) is 0 Å². The Hall–Kier alpha value is -2.69. The number of anilines is 1. The zero-order valence-corrected chi connectivity index (χ0v) is 17.6. The second-order valence-corrected chi connectivity index (χ2v) is 7.48. The van der Waals surface area contributed by atoms with Crippen LogP contribution in [0.3, 0.4) is 0 Å². The number of hydrogen-bond donors (Lipinski definition) is 1. The van der Waals surface area contributed by atoms with Crippen LogP contribution in [-0.4, -0.2) is 4.99 Å². The molecule has 28 heavy (non-hydrogen) atoms. The van der Waals surface area contributed by atoms with Crippen molar-refractivity contribution in [3.8, 4) is 0 Å². The van der Waals surface area contributed by atoms with Gasteiger partial charge in [-0.3, -0.25) is 0 Å². The van der Waals surface area contributed by atoms with Crippen LogP contribution in [0.4, 0.5) is 5.69 Å². The summed E-state index contributed by atoms with van der Waals surface area (Å²) in [6.45, 7) is 5.98. The highest BCUT2D eigenvalue weighted by Gasteiger charge is 2.21. The van der Waals surface area contributed by atoms with Gasteiger partial charge in [-0.2, -0.15) is 4.57 Å². The lowest BCUT2D eigenvalue weighted by atomic mass is 10.1. The molecule has 0 aliphatic carbocycles. The zero-order chi connectivity index (χ0) is 20.3. The summed E-state index contributed by atoms with van der Waals surface area (Å²) in [6, 6.07) is 16.9. The first kappa shape index (κ1) is 20.1. The fourth-order valence-corrected chi connectivity index (χ4v) is 3.55. The van der Waals surface area contributed by atoms with Crippen LogP contribution < -0.4 is 15.0 Å². The molecule has 142 valence electrons. The Morgan fingerprint density at radius 3 is 2.29 bits per heavy atom. The van der Waals surface area contributed by atoms with Gasteiger partial charge in [0.25, 0.3) is 0 Å². The predicted molar refractivity (Wildman–Crippen MR) is 118 cm³/mol. The minimum atomic E-state index is -0.232. The van der Waals surface area contributed by atoms with Crippen molar-refractivity contribution < 1.29 is 9.67 Å². The number of hydrogen-bond acceptors (Lipinski definition) is 2.